The van der Waals surface area contributed by atoms with Gasteiger partial charge in [0.2, 0.25) is 0 Å². The van der Waals surface area contributed by atoms with Crippen molar-refractivity contribution in [2.75, 3.05) is 0 Å². The van der Waals surface area contributed by atoms with Crippen LogP contribution in [-0.2, 0) is 45.4 Å². The van der Waals surface area contributed by atoms with Gasteiger partial charge in [-0.2, -0.15) is 0 Å². The molecule has 1 aliphatic carbocycles. The molecule has 18 heavy (non-hydrogen) atoms. The summed E-state index contributed by atoms with van der Waals surface area (Å²) < 4.78 is 47.3. The third-order valence-corrected chi connectivity index (χ3v) is 9.44. The minimum atomic E-state index is -1.35. The first-order chi connectivity index (χ1) is 8.58. The Morgan fingerprint density at radius 3 is 1.00 bits per heavy atom. The fourth-order valence-electron chi connectivity index (χ4n) is 2.43. The Balaban J connectivity index is 1.81. The Kier molecular flexibility index (Phi) is 4.26. The molecular formula is C6H12N4O4S4. The third-order valence-electron chi connectivity index (χ3n) is 3.34. The minimum Gasteiger partial charge on any atom is -0.597 e. The highest BCUT2D eigenvalue weighted by Crippen LogP contribution is 2.37. The molecule has 0 radical (unpaired) electrons. The number of hydrazine groups is 2. The van der Waals surface area contributed by atoms with Crippen LogP contribution in [-0.4, -0.2) is 39.2 Å². The fraction of sp³-hybridized carbons (Fsp3) is 1.00. The predicted octanol–water partition coefficient (Wildman–Crippen LogP) is -2.87. The van der Waals surface area contributed by atoms with Crippen LogP contribution in [0.2, 0.25) is 0 Å². The van der Waals surface area contributed by atoms with Crippen LogP contribution < -0.4 is 19.3 Å². The standard InChI is InChI=1S/C6H12N4O4S4/c11-15-3-1-4-6(18(14)10-8-16(4)12)2-5(3)17(13)9-7-15/h3-10H,1-2H2. The monoisotopic (exact) mass is 332 g/mol. The van der Waals surface area contributed by atoms with Gasteiger partial charge in [0.25, 0.3) is 0 Å². The summed E-state index contributed by atoms with van der Waals surface area (Å²) in [6, 6.07) is 0. The normalized spacial score (nSPS) is 56.7. The van der Waals surface area contributed by atoms with Crippen molar-refractivity contribution in [1.82, 2.24) is 19.3 Å². The zero-order chi connectivity index (χ0) is 12.9. The lowest BCUT2D eigenvalue weighted by molar-refractivity contribution is 0.419. The zero-order valence-corrected chi connectivity index (χ0v) is 12.3. The maximum Gasteiger partial charge on any atom is 0.191 e. The molecule has 0 amide bonds. The average Bonchev–Trinajstić information content (AvgIpc) is 2.37. The van der Waals surface area contributed by atoms with Crippen LogP contribution >= 0.6 is 0 Å². The van der Waals surface area contributed by atoms with Gasteiger partial charge in [0.15, 0.2) is 21.0 Å². The van der Waals surface area contributed by atoms with Crippen LogP contribution in [0.1, 0.15) is 12.8 Å². The van der Waals surface area contributed by atoms with Gasteiger partial charge in [0.05, 0.1) is 58.3 Å². The molecule has 1 saturated carbocycles. The van der Waals surface area contributed by atoms with E-state index < -0.39 is 45.4 Å². The molecule has 0 bridgehead atoms. The molecule has 2 saturated heterocycles. The van der Waals surface area contributed by atoms with Gasteiger partial charge >= 0.3 is 0 Å². The van der Waals surface area contributed by atoms with Crippen molar-refractivity contribution in [2.45, 2.75) is 33.8 Å². The number of hydrogen-bond donors (Lipinski definition) is 4. The quantitative estimate of drug-likeness (QED) is 0.347. The summed E-state index contributed by atoms with van der Waals surface area (Å²) in [5.41, 5.74) is 0. The molecule has 104 valence electrons. The van der Waals surface area contributed by atoms with Gasteiger partial charge in [0.1, 0.15) is 0 Å². The van der Waals surface area contributed by atoms with Crippen LogP contribution in [0.5, 0.6) is 0 Å². The summed E-state index contributed by atoms with van der Waals surface area (Å²) in [7, 11) is 0. The lowest BCUT2D eigenvalue weighted by atomic mass is 9.98. The number of rotatable bonds is 0. The number of nitrogens with one attached hydrogen (secondary N) is 4. The van der Waals surface area contributed by atoms with Crippen LogP contribution in [0.25, 0.3) is 0 Å². The largest absolute Gasteiger partial charge is 0.597 e. The van der Waals surface area contributed by atoms with Crippen LogP contribution in [0.4, 0.5) is 0 Å². The topological polar surface area (TPSA) is 140 Å². The van der Waals surface area contributed by atoms with Crippen molar-refractivity contribution in [1.29, 1.82) is 0 Å². The Hall–Kier alpha value is 1.08. The lowest BCUT2D eigenvalue weighted by Crippen LogP contribution is -2.70. The highest BCUT2D eigenvalue weighted by molar-refractivity contribution is 7.98. The second kappa shape index (κ2) is 5.46. The van der Waals surface area contributed by atoms with Crippen molar-refractivity contribution in [2.24, 2.45) is 0 Å². The first-order valence-electron chi connectivity index (χ1n) is 5.23. The molecule has 4 N–H and O–H groups in total. The van der Waals surface area contributed by atoms with E-state index in [-0.39, 0.29) is 21.0 Å². The summed E-state index contributed by atoms with van der Waals surface area (Å²) in [5.74, 6) is 0. The van der Waals surface area contributed by atoms with Crippen LogP contribution in [0, 0.1) is 0 Å². The molecule has 2 aliphatic heterocycles. The first kappa shape index (κ1) is 14.0. The Morgan fingerprint density at radius 1 is 0.556 bits per heavy atom. The molecule has 3 rings (SSSR count). The molecule has 2 heterocycles. The average molecular weight is 332 g/mol. The summed E-state index contributed by atoms with van der Waals surface area (Å²) in [6.07, 6.45) is 0.769. The van der Waals surface area contributed by atoms with Crippen molar-refractivity contribution >= 4 is 45.4 Å². The Labute approximate surface area is 117 Å². The van der Waals surface area contributed by atoms with E-state index in [9.17, 15) is 18.2 Å². The maximum atomic E-state index is 11.8. The molecule has 0 spiro atoms. The highest BCUT2D eigenvalue weighted by atomic mass is 32.2. The molecular weight excluding hydrogens is 320 g/mol. The highest BCUT2D eigenvalue weighted by Gasteiger charge is 2.61. The van der Waals surface area contributed by atoms with Crippen molar-refractivity contribution in [3.8, 4) is 0 Å². The summed E-state index contributed by atoms with van der Waals surface area (Å²) in [5, 5.41) is -1.30. The maximum absolute atomic E-state index is 11.8. The molecule has 12 heteroatoms. The van der Waals surface area contributed by atoms with E-state index in [1.165, 1.54) is 0 Å². The molecule has 8 unspecified atom stereocenters. The Morgan fingerprint density at radius 2 is 0.778 bits per heavy atom. The smallest absolute Gasteiger partial charge is 0.191 e. The molecule has 0 aromatic rings. The molecule has 0 aromatic heterocycles. The van der Waals surface area contributed by atoms with Crippen molar-refractivity contribution < 1.29 is 18.2 Å². The van der Waals surface area contributed by atoms with Gasteiger partial charge in [-0.25, -0.2) is 0 Å². The van der Waals surface area contributed by atoms with Gasteiger partial charge in [-0.05, 0) is 19.3 Å². The van der Waals surface area contributed by atoms with Crippen LogP contribution in [0.15, 0.2) is 0 Å². The minimum absolute atomic E-state index is 0.325. The summed E-state index contributed by atoms with van der Waals surface area (Å²) in [4.78, 5) is 9.85. The summed E-state index contributed by atoms with van der Waals surface area (Å²) in [6.45, 7) is 0. The van der Waals surface area contributed by atoms with Gasteiger partial charge in [-0.15, -0.1) is 0 Å². The van der Waals surface area contributed by atoms with E-state index in [1.807, 2.05) is 0 Å². The second-order valence-electron chi connectivity index (χ2n) is 4.22. The number of hydrogen-bond acceptors (Lipinski definition) is 8. The van der Waals surface area contributed by atoms with E-state index >= 15 is 0 Å². The fourth-order valence-corrected chi connectivity index (χ4v) is 8.88. The molecule has 8 nitrogen and oxygen atoms in total. The Bertz CT molecular complexity index is 272. The third kappa shape index (κ3) is 2.38. The van der Waals surface area contributed by atoms with Gasteiger partial charge in [-0.1, -0.05) is 0 Å². The van der Waals surface area contributed by atoms with Crippen LogP contribution in [0.3, 0.4) is 0 Å². The van der Waals surface area contributed by atoms with E-state index in [4.69, 9.17) is 0 Å². The first-order valence-corrected chi connectivity index (χ1v) is 10.1. The van der Waals surface area contributed by atoms with Crippen molar-refractivity contribution in [3.05, 3.63) is 0 Å². The lowest BCUT2D eigenvalue weighted by Gasteiger charge is -2.43. The molecule has 8 atom stereocenters. The van der Waals surface area contributed by atoms with Gasteiger partial charge < -0.3 is 18.2 Å². The van der Waals surface area contributed by atoms with Gasteiger partial charge in [0, 0.05) is 0 Å². The zero-order valence-electron chi connectivity index (χ0n) is 8.99. The van der Waals surface area contributed by atoms with Crippen molar-refractivity contribution in [3.63, 3.8) is 0 Å². The van der Waals surface area contributed by atoms with E-state index in [0.29, 0.717) is 12.8 Å². The van der Waals surface area contributed by atoms with Gasteiger partial charge in [-0.3, -0.25) is 0 Å². The molecule has 3 fully saturated rings. The van der Waals surface area contributed by atoms with E-state index in [2.05, 4.69) is 19.3 Å². The SMILES string of the molecule is [O-][S+]1NN[S+]([O-])C2CC3C(CC21)[S+]([O-])NN[S+]3[O-]. The molecule has 0 aromatic carbocycles. The van der Waals surface area contributed by atoms with E-state index in [1.54, 1.807) is 0 Å². The second-order valence-corrected chi connectivity index (χ2v) is 9.84. The van der Waals surface area contributed by atoms with E-state index in [0.717, 1.165) is 0 Å². The predicted molar refractivity (Wildman–Crippen MR) is 69.5 cm³/mol. The summed E-state index contributed by atoms with van der Waals surface area (Å²) >= 11 is -5.42. The number of fused-ring (bicyclic) bond motifs is 2. The molecule has 3 aliphatic rings.